The van der Waals surface area contributed by atoms with Crippen LogP contribution in [-0.2, 0) is 6.42 Å². The van der Waals surface area contributed by atoms with E-state index < -0.39 is 0 Å². The van der Waals surface area contributed by atoms with Crippen molar-refractivity contribution in [3.05, 3.63) is 35.4 Å². The van der Waals surface area contributed by atoms with Crippen molar-refractivity contribution in [1.82, 2.24) is 4.90 Å². The lowest BCUT2D eigenvalue weighted by atomic mass is 9.77. The summed E-state index contributed by atoms with van der Waals surface area (Å²) < 4.78 is 0. The van der Waals surface area contributed by atoms with Gasteiger partial charge in [-0.05, 0) is 31.6 Å². The Morgan fingerprint density at radius 3 is 2.75 bits per heavy atom. The molecule has 0 N–H and O–H groups in total. The summed E-state index contributed by atoms with van der Waals surface area (Å²) in [4.78, 5) is 2.26. The molecule has 1 aromatic rings. The zero-order valence-corrected chi connectivity index (χ0v) is 7.75. The van der Waals surface area contributed by atoms with Gasteiger partial charge in [-0.15, -0.1) is 0 Å². The van der Waals surface area contributed by atoms with Crippen LogP contribution >= 0.6 is 0 Å². The Hall–Kier alpha value is -0.820. The van der Waals surface area contributed by atoms with Crippen molar-refractivity contribution in [2.24, 2.45) is 0 Å². The molecule has 1 aliphatic carbocycles. The van der Waals surface area contributed by atoms with Gasteiger partial charge in [0.1, 0.15) is 0 Å². The first kappa shape index (κ1) is 7.81. The van der Waals surface area contributed by atoms with Crippen LogP contribution in [0.3, 0.4) is 0 Å². The van der Waals surface area contributed by atoms with E-state index in [2.05, 4.69) is 43.3 Å². The van der Waals surface area contributed by atoms with Gasteiger partial charge in [0.15, 0.2) is 0 Å². The molecule has 12 heavy (non-hydrogen) atoms. The maximum atomic E-state index is 2.26. The van der Waals surface area contributed by atoms with Gasteiger partial charge in [-0.3, -0.25) is 0 Å². The van der Waals surface area contributed by atoms with Crippen LogP contribution in [0.5, 0.6) is 0 Å². The molecular formula is C11H15N. The molecule has 0 saturated carbocycles. The summed E-state index contributed by atoms with van der Waals surface area (Å²) in [5.74, 6) is 0.788. The van der Waals surface area contributed by atoms with Crippen LogP contribution in [0.1, 0.15) is 17.0 Å². The predicted molar refractivity (Wildman–Crippen MR) is 51.4 cm³/mol. The van der Waals surface area contributed by atoms with Crippen LogP contribution < -0.4 is 0 Å². The Bertz CT molecular complexity index is 278. The van der Waals surface area contributed by atoms with Crippen LogP contribution in [-0.4, -0.2) is 25.5 Å². The first-order chi connectivity index (χ1) is 5.77. The highest BCUT2D eigenvalue weighted by molar-refractivity contribution is 5.40. The lowest BCUT2D eigenvalue weighted by Gasteiger charge is -2.32. The molecule has 0 radical (unpaired) electrons. The van der Waals surface area contributed by atoms with Crippen molar-refractivity contribution in [2.75, 3.05) is 20.6 Å². The van der Waals surface area contributed by atoms with Gasteiger partial charge < -0.3 is 4.90 Å². The maximum Gasteiger partial charge on any atom is 0.00475 e. The van der Waals surface area contributed by atoms with Crippen LogP contribution in [0, 0.1) is 0 Å². The van der Waals surface area contributed by atoms with Crippen LogP contribution in [0.25, 0.3) is 0 Å². The molecule has 1 nitrogen and oxygen atoms in total. The third kappa shape index (κ3) is 1.25. The minimum atomic E-state index is 0.788. The number of fused-ring (bicyclic) bond motifs is 1. The van der Waals surface area contributed by atoms with Gasteiger partial charge in [0.05, 0.1) is 0 Å². The molecule has 0 bridgehead atoms. The van der Waals surface area contributed by atoms with E-state index in [1.165, 1.54) is 13.0 Å². The van der Waals surface area contributed by atoms with E-state index >= 15 is 0 Å². The van der Waals surface area contributed by atoms with E-state index in [1.54, 1.807) is 11.1 Å². The van der Waals surface area contributed by atoms with Gasteiger partial charge in [0.2, 0.25) is 0 Å². The van der Waals surface area contributed by atoms with E-state index in [4.69, 9.17) is 0 Å². The third-order valence-corrected chi connectivity index (χ3v) is 2.55. The highest BCUT2D eigenvalue weighted by Crippen LogP contribution is 2.34. The summed E-state index contributed by atoms with van der Waals surface area (Å²) in [5, 5.41) is 0. The Balaban J connectivity index is 2.10. The topological polar surface area (TPSA) is 3.24 Å². The van der Waals surface area contributed by atoms with Gasteiger partial charge in [-0.2, -0.15) is 0 Å². The summed E-state index contributed by atoms with van der Waals surface area (Å²) >= 11 is 0. The second kappa shape index (κ2) is 2.91. The zero-order valence-electron chi connectivity index (χ0n) is 7.75. The molecule has 1 unspecified atom stereocenters. The van der Waals surface area contributed by atoms with E-state index in [0.29, 0.717) is 0 Å². The number of hydrogen-bond donors (Lipinski definition) is 0. The van der Waals surface area contributed by atoms with Gasteiger partial charge >= 0.3 is 0 Å². The lowest BCUT2D eigenvalue weighted by Crippen LogP contribution is -2.28. The van der Waals surface area contributed by atoms with Gasteiger partial charge in [0, 0.05) is 12.5 Å². The summed E-state index contributed by atoms with van der Waals surface area (Å²) in [7, 11) is 4.28. The molecule has 0 saturated heterocycles. The Morgan fingerprint density at radius 2 is 2.08 bits per heavy atom. The smallest absolute Gasteiger partial charge is 0.00475 e. The van der Waals surface area contributed by atoms with Crippen molar-refractivity contribution in [3.8, 4) is 0 Å². The molecule has 0 aliphatic heterocycles. The molecule has 1 aliphatic rings. The fraction of sp³-hybridized carbons (Fsp3) is 0.455. The summed E-state index contributed by atoms with van der Waals surface area (Å²) in [6.45, 7) is 1.19. The molecule has 0 aromatic heterocycles. The molecule has 0 amide bonds. The number of benzene rings is 1. The molecule has 1 aromatic carbocycles. The molecule has 2 rings (SSSR count). The van der Waals surface area contributed by atoms with Crippen molar-refractivity contribution in [2.45, 2.75) is 12.3 Å². The molecule has 1 atom stereocenters. The monoisotopic (exact) mass is 161 g/mol. The van der Waals surface area contributed by atoms with E-state index in [9.17, 15) is 0 Å². The second-order valence-electron chi connectivity index (χ2n) is 3.86. The van der Waals surface area contributed by atoms with Crippen molar-refractivity contribution >= 4 is 0 Å². The zero-order chi connectivity index (χ0) is 8.55. The van der Waals surface area contributed by atoms with Crippen LogP contribution in [0.2, 0.25) is 0 Å². The lowest BCUT2D eigenvalue weighted by molar-refractivity contribution is 0.356. The molecular weight excluding hydrogens is 146 g/mol. The maximum absolute atomic E-state index is 2.26. The third-order valence-electron chi connectivity index (χ3n) is 2.55. The van der Waals surface area contributed by atoms with E-state index in [0.717, 1.165) is 5.92 Å². The predicted octanol–water partition coefficient (Wildman–Crippen LogP) is 1.89. The average Bonchev–Trinajstić information content (AvgIpc) is 2.00. The number of hydrogen-bond acceptors (Lipinski definition) is 1. The number of rotatable bonds is 2. The quantitative estimate of drug-likeness (QED) is 0.640. The largest absolute Gasteiger partial charge is 0.309 e. The minimum Gasteiger partial charge on any atom is -0.309 e. The Kier molecular flexibility index (Phi) is 1.89. The average molecular weight is 161 g/mol. The highest BCUT2D eigenvalue weighted by atomic mass is 15.1. The molecule has 1 heteroatoms. The number of likely N-dealkylation sites (N-methyl/N-ethyl adjacent to an activating group) is 1. The first-order valence-corrected chi connectivity index (χ1v) is 4.50. The van der Waals surface area contributed by atoms with Crippen LogP contribution in [0.15, 0.2) is 24.3 Å². The van der Waals surface area contributed by atoms with Crippen LogP contribution in [0.4, 0.5) is 0 Å². The highest BCUT2D eigenvalue weighted by Gasteiger charge is 2.25. The summed E-state index contributed by atoms with van der Waals surface area (Å²) in [6, 6.07) is 8.76. The van der Waals surface area contributed by atoms with Crippen molar-refractivity contribution in [3.63, 3.8) is 0 Å². The number of nitrogens with zero attached hydrogens (tertiary/aromatic N) is 1. The molecule has 0 fully saturated rings. The summed E-state index contributed by atoms with van der Waals surface area (Å²) in [6.07, 6.45) is 1.27. The van der Waals surface area contributed by atoms with Gasteiger partial charge in [0.25, 0.3) is 0 Å². The normalized spacial score (nSPS) is 20.4. The fourth-order valence-electron chi connectivity index (χ4n) is 1.97. The molecule has 0 spiro atoms. The fourth-order valence-corrected chi connectivity index (χ4v) is 1.97. The van der Waals surface area contributed by atoms with Crippen molar-refractivity contribution < 1.29 is 0 Å². The molecule has 0 heterocycles. The summed E-state index contributed by atoms with van der Waals surface area (Å²) in [5.41, 5.74) is 3.11. The minimum absolute atomic E-state index is 0.788. The first-order valence-electron chi connectivity index (χ1n) is 4.50. The Labute approximate surface area is 74.0 Å². The Morgan fingerprint density at radius 1 is 1.33 bits per heavy atom. The van der Waals surface area contributed by atoms with Crippen molar-refractivity contribution in [1.29, 1.82) is 0 Å². The van der Waals surface area contributed by atoms with Gasteiger partial charge in [-0.25, -0.2) is 0 Å². The van der Waals surface area contributed by atoms with E-state index in [1.807, 2.05) is 0 Å². The second-order valence-corrected chi connectivity index (χ2v) is 3.86. The van der Waals surface area contributed by atoms with Gasteiger partial charge in [-0.1, -0.05) is 24.3 Å². The standard InChI is InChI=1S/C11H15N/c1-12(2)8-10-7-9-5-3-4-6-11(9)10/h3-6,10H,7-8H2,1-2H3. The van der Waals surface area contributed by atoms with E-state index in [-0.39, 0.29) is 0 Å². The SMILES string of the molecule is CN(C)CC1Cc2ccccc21. The molecule has 64 valence electrons.